The van der Waals surface area contributed by atoms with Crippen molar-refractivity contribution >= 4 is 17.7 Å². The van der Waals surface area contributed by atoms with E-state index in [0.29, 0.717) is 31.5 Å². The highest BCUT2D eigenvalue weighted by Gasteiger charge is 2.31. The van der Waals surface area contributed by atoms with E-state index < -0.39 is 11.4 Å². The lowest BCUT2D eigenvalue weighted by Crippen LogP contribution is -2.50. The summed E-state index contributed by atoms with van der Waals surface area (Å²) in [5.74, 6) is -2.88. The number of hydrogen-bond donors (Lipinski definition) is 0. The molecule has 2 rings (SSSR count). The van der Waals surface area contributed by atoms with Crippen LogP contribution >= 0.6 is 11.8 Å². The molecule has 20 heavy (non-hydrogen) atoms. The minimum atomic E-state index is -2.60. The maximum absolute atomic E-state index is 12.5. The van der Waals surface area contributed by atoms with Crippen molar-refractivity contribution in [2.45, 2.75) is 30.2 Å². The summed E-state index contributed by atoms with van der Waals surface area (Å²) in [6.07, 6.45) is 1.41. The van der Waals surface area contributed by atoms with Gasteiger partial charge in [0.05, 0.1) is 17.8 Å². The molecule has 1 saturated heterocycles. The monoisotopic (exact) mass is 302 g/mol. The Kier molecular flexibility index (Phi) is 4.59. The van der Waals surface area contributed by atoms with Gasteiger partial charge in [-0.15, -0.1) is 0 Å². The number of pyridine rings is 1. The van der Waals surface area contributed by atoms with Crippen LogP contribution in [0, 0.1) is 0 Å². The van der Waals surface area contributed by atoms with E-state index in [1.54, 1.807) is 11.0 Å². The van der Waals surface area contributed by atoms with Crippen molar-refractivity contribution < 1.29 is 18.3 Å². The largest absolute Gasteiger partial charge is 0.372 e. The first-order valence-electron chi connectivity index (χ1n) is 6.22. The van der Waals surface area contributed by atoms with E-state index in [1.165, 1.54) is 12.3 Å². The predicted octanol–water partition coefficient (Wildman–Crippen LogP) is 2.65. The maximum atomic E-state index is 12.5. The van der Waals surface area contributed by atoms with Crippen LogP contribution in [-0.2, 0) is 4.74 Å². The number of nitrogens with zero attached hydrogens (tertiary/aromatic N) is 2. The van der Waals surface area contributed by atoms with Gasteiger partial charge in [-0.2, -0.15) is 8.78 Å². The van der Waals surface area contributed by atoms with Crippen LogP contribution in [0.15, 0.2) is 23.4 Å². The molecular formula is C13H16F2N2O2S. The third-order valence-corrected chi connectivity index (χ3v) is 3.64. The zero-order valence-electron chi connectivity index (χ0n) is 11.3. The van der Waals surface area contributed by atoms with Gasteiger partial charge in [0.1, 0.15) is 5.03 Å². The van der Waals surface area contributed by atoms with Crippen LogP contribution < -0.4 is 0 Å². The van der Waals surface area contributed by atoms with Gasteiger partial charge in [-0.25, -0.2) is 4.98 Å². The predicted molar refractivity (Wildman–Crippen MR) is 72.0 cm³/mol. The molecule has 0 saturated carbocycles. The average molecular weight is 302 g/mol. The molecule has 0 aromatic carbocycles. The van der Waals surface area contributed by atoms with E-state index in [0.717, 1.165) is 0 Å². The highest BCUT2D eigenvalue weighted by atomic mass is 32.2. The molecule has 0 radical (unpaired) electrons. The van der Waals surface area contributed by atoms with Crippen LogP contribution in [-0.4, -0.2) is 46.8 Å². The number of ether oxygens (including phenoxy) is 1. The fraction of sp³-hybridized carbons (Fsp3) is 0.538. The number of aromatic nitrogens is 1. The van der Waals surface area contributed by atoms with Crippen molar-refractivity contribution in [1.82, 2.24) is 9.88 Å². The smallest absolute Gasteiger partial charge is 0.290 e. The van der Waals surface area contributed by atoms with Gasteiger partial charge in [-0.05, 0) is 37.7 Å². The lowest BCUT2D eigenvalue weighted by molar-refractivity contribution is -0.0764. The molecular weight excluding hydrogens is 286 g/mol. The number of halogens is 2. The first kappa shape index (κ1) is 15.2. The van der Waals surface area contributed by atoms with Gasteiger partial charge in [0.25, 0.3) is 11.7 Å². The number of morpholine rings is 1. The summed E-state index contributed by atoms with van der Waals surface area (Å²) in [7, 11) is 0. The molecule has 0 aliphatic carbocycles. The SMILES string of the molecule is CC1(C)CN(C(=O)c2cccnc2SC(F)F)CCO1. The lowest BCUT2D eigenvalue weighted by atomic mass is 10.1. The molecule has 1 aromatic rings. The number of carbonyl (C=O) groups is 1. The summed E-state index contributed by atoms with van der Waals surface area (Å²) >= 11 is 0.294. The van der Waals surface area contributed by atoms with E-state index in [4.69, 9.17) is 4.74 Å². The molecule has 1 aliphatic heterocycles. The second kappa shape index (κ2) is 6.05. The van der Waals surface area contributed by atoms with E-state index in [-0.39, 0.29) is 16.5 Å². The quantitative estimate of drug-likeness (QED) is 0.805. The summed E-state index contributed by atoms with van der Waals surface area (Å²) in [5.41, 5.74) is -0.206. The van der Waals surface area contributed by atoms with Gasteiger partial charge in [0, 0.05) is 19.3 Å². The van der Waals surface area contributed by atoms with E-state index in [2.05, 4.69) is 4.98 Å². The second-order valence-corrected chi connectivity index (χ2v) is 6.05. The lowest BCUT2D eigenvalue weighted by Gasteiger charge is -2.38. The van der Waals surface area contributed by atoms with Crippen LogP contribution in [0.25, 0.3) is 0 Å². The summed E-state index contributed by atoms with van der Waals surface area (Å²) in [4.78, 5) is 18.0. The summed E-state index contributed by atoms with van der Waals surface area (Å²) in [6.45, 7) is 5.11. The van der Waals surface area contributed by atoms with Crippen LogP contribution in [0.2, 0.25) is 0 Å². The van der Waals surface area contributed by atoms with E-state index >= 15 is 0 Å². The highest BCUT2D eigenvalue weighted by Crippen LogP contribution is 2.28. The van der Waals surface area contributed by atoms with E-state index in [9.17, 15) is 13.6 Å². The van der Waals surface area contributed by atoms with Crippen molar-refractivity contribution in [3.8, 4) is 0 Å². The number of rotatable bonds is 3. The normalized spacial score (nSPS) is 18.4. The molecule has 0 unspecified atom stereocenters. The summed E-state index contributed by atoms with van der Waals surface area (Å²) in [5, 5.41) is 0.0665. The van der Waals surface area contributed by atoms with Crippen molar-refractivity contribution in [2.24, 2.45) is 0 Å². The van der Waals surface area contributed by atoms with Gasteiger partial charge in [-0.1, -0.05) is 0 Å². The molecule has 4 nitrogen and oxygen atoms in total. The molecule has 1 amide bonds. The first-order valence-corrected chi connectivity index (χ1v) is 7.10. The minimum absolute atomic E-state index is 0.0665. The molecule has 0 atom stereocenters. The zero-order chi connectivity index (χ0) is 14.8. The van der Waals surface area contributed by atoms with Crippen LogP contribution in [0.4, 0.5) is 8.78 Å². The van der Waals surface area contributed by atoms with E-state index in [1.807, 2.05) is 13.8 Å². The number of thioether (sulfide) groups is 1. The molecule has 2 heterocycles. The Hall–Kier alpha value is -1.21. The molecule has 0 bridgehead atoms. The Bertz CT molecular complexity index is 497. The Balaban J connectivity index is 2.20. The second-order valence-electron chi connectivity index (χ2n) is 5.07. The van der Waals surface area contributed by atoms with Crippen molar-refractivity contribution in [3.05, 3.63) is 23.9 Å². The Labute approximate surface area is 120 Å². The van der Waals surface area contributed by atoms with Crippen molar-refractivity contribution in [3.63, 3.8) is 0 Å². The van der Waals surface area contributed by atoms with Gasteiger partial charge in [0.15, 0.2) is 0 Å². The minimum Gasteiger partial charge on any atom is -0.372 e. The zero-order valence-corrected chi connectivity index (χ0v) is 12.1. The Morgan fingerprint density at radius 2 is 2.30 bits per heavy atom. The molecule has 7 heteroatoms. The molecule has 110 valence electrons. The Morgan fingerprint density at radius 1 is 1.55 bits per heavy atom. The molecule has 1 aromatic heterocycles. The van der Waals surface area contributed by atoms with Gasteiger partial charge in [-0.3, -0.25) is 4.79 Å². The molecule has 1 aliphatic rings. The van der Waals surface area contributed by atoms with Crippen LogP contribution in [0.1, 0.15) is 24.2 Å². The van der Waals surface area contributed by atoms with Gasteiger partial charge >= 0.3 is 0 Å². The summed E-state index contributed by atoms with van der Waals surface area (Å²) in [6, 6.07) is 3.11. The average Bonchev–Trinajstić information content (AvgIpc) is 2.36. The number of amides is 1. The highest BCUT2D eigenvalue weighted by molar-refractivity contribution is 7.99. The first-order chi connectivity index (χ1) is 9.39. The fourth-order valence-electron chi connectivity index (χ4n) is 2.09. The van der Waals surface area contributed by atoms with Crippen molar-refractivity contribution in [2.75, 3.05) is 19.7 Å². The third-order valence-electron chi connectivity index (χ3n) is 2.92. The maximum Gasteiger partial charge on any atom is 0.290 e. The standard InChI is InChI=1S/C13H16F2N2O2S/c1-13(2)8-17(6-7-19-13)11(18)9-4-3-5-16-10(9)20-12(14)15/h3-5,12H,6-8H2,1-2H3. The number of alkyl halides is 2. The molecule has 0 spiro atoms. The van der Waals surface area contributed by atoms with Crippen molar-refractivity contribution in [1.29, 1.82) is 0 Å². The van der Waals surface area contributed by atoms with Crippen LogP contribution in [0.3, 0.4) is 0 Å². The number of carbonyl (C=O) groups excluding carboxylic acids is 1. The molecule has 0 N–H and O–H groups in total. The number of hydrogen-bond acceptors (Lipinski definition) is 4. The van der Waals surface area contributed by atoms with Gasteiger partial charge < -0.3 is 9.64 Å². The van der Waals surface area contributed by atoms with Crippen LogP contribution in [0.5, 0.6) is 0 Å². The molecule has 1 fully saturated rings. The van der Waals surface area contributed by atoms with Gasteiger partial charge in [0.2, 0.25) is 0 Å². The summed E-state index contributed by atoms with van der Waals surface area (Å²) < 4.78 is 30.6. The fourth-order valence-corrected chi connectivity index (χ4v) is 2.66. The Morgan fingerprint density at radius 3 is 2.95 bits per heavy atom. The third kappa shape index (κ3) is 3.67. The topological polar surface area (TPSA) is 42.4 Å².